The first-order valence-electron chi connectivity index (χ1n) is 14.3. The van der Waals surface area contributed by atoms with E-state index in [-0.39, 0.29) is 11.8 Å². The van der Waals surface area contributed by atoms with E-state index in [2.05, 4.69) is 29.2 Å². The molecule has 1 saturated heterocycles. The molecule has 212 valence electrons. The van der Waals surface area contributed by atoms with E-state index in [4.69, 9.17) is 9.47 Å². The summed E-state index contributed by atoms with van der Waals surface area (Å²) in [5, 5.41) is 0. The fraction of sp³-hybridized carbons (Fsp3) is 0.576. The molecule has 1 heterocycles. The molecule has 2 aromatic carbocycles. The molecule has 1 amide bonds. The summed E-state index contributed by atoms with van der Waals surface area (Å²) in [6, 6.07) is 20.4. The van der Waals surface area contributed by atoms with Crippen LogP contribution in [0.4, 0.5) is 4.79 Å². The molecule has 2 atom stereocenters. The van der Waals surface area contributed by atoms with Crippen molar-refractivity contribution in [1.82, 2.24) is 9.80 Å². The van der Waals surface area contributed by atoms with E-state index in [1.165, 1.54) is 0 Å². The quantitative estimate of drug-likeness (QED) is 0.335. The second-order valence-corrected chi connectivity index (χ2v) is 13.4. The van der Waals surface area contributed by atoms with Crippen LogP contribution in [0.15, 0.2) is 60.7 Å². The maximum Gasteiger partial charge on any atom is 0.413 e. The molecule has 4 rings (SSSR count). The van der Waals surface area contributed by atoms with Gasteiger partial charge < -0.3 is 9.47 Å². The number of amides is 1. The average molecular weight is 535 g/mol. The van der Waals surface area contributed by atoms with Gasteiger partial charge in [0.25, 0.3) is 0 Å². The molecule has 0 spiro atoms. The third kappa shape index (κ3) is 7.29. The molecule has 39 heavy (non-hydrogen) atoms. The van der Waals surface area contributed by atoms with Gasteiger partial charge in [0.05, 0.1) is 18.2 Å². The summed E-state index contributed by atoms with van der Waals surface area (Å²) in [7, 11) is 0. The number of rotatable bonds is 10. The van der Waals surface area contributed by atoms with E-state index in [1.54, 1.807) is 4.90 Å². The minimum atomic E-state index is -0.905. The first-order valence-corrected chi connectivity index (χ1v) is 14.3. The number of hydrogen-bond donors (Lipinski definition) is 0. The normalized spacial score (nSPS) is 20.1. The zero-order valence-corrected chi connectivity index (χ0v) is 24.8. The van der Waals surface area contributed by atoms with Gasteiger partial charge in [-0.05, 0) is 51.2 Å². The summed E-state index contributed by atoms with van der Waals surface area (Å²) >= 11 is 0. The van der Waals surface area contributed by atoms with Gasteiger partial charge in [-0.3, -0.25) is 14.6 Å². The van der Waals surface area contributed by atoms with Crippen LogP contribution < -0.4 is 0 Å². The minimum absolute atomic E-state index is 0.0525. The Kier molecular flexibility index (Phi) is 8.58. The molecule has 2 fully saturated rings. The van der Waals surface area contributed by atoms with Gasteiger partial charge in [0.2, 0.25) is 0 Å². The number of nitrogens with zero attached hydrogens (tertiary/aromatic N) is 2. The predicted octanol–water partition coefficient (Wildman–Crippen LogP) is 6.82. The van der Waals surface area contributed by atoms with Crippen molar-refractivity contribution in [3.63, 3.8) is 0 Å². The van der Waals surface area contributed by atoms with Gasteiger partial charge in [-0.2, -0.15) is 0 Å². The summed E-state index contributed by atoms with van der Waals surface area (Å²) in [6.07, 6.45) is 1.70. The van der Waals surface area contributed by atoms with Crippen molar-refractivity contribution in [2.24, 2.45) is 11.3 Å². The topological polar surface area (TPSA) is 59.1 Å². The first-order chi connectivity index (χ1) is 18.3. The Morgan fingerprint density at radius 1 is 0.949 bits per heavy atom. The number of hydrogen-bond acceptors (Lipinski definition) is 5. The maximum absolute atomic E-state index is 14.1. The third-order valence-corrected chi connectivity index (χ3v) is 7.88. The molecule has 0 bridgehead atoms. The number of carbonyl (C=O) groups excluding carboxylic acids is 2. The molecule has 1 aliphatic carbocycles. The average Bonchev–Trinajstić information content (AvgIpc) is 3.65. The molecule has 1 saturated carbocycles. The number of ketones is 1. The largest absolute Gasteiger partial charge is 0.436 e. The molecule has 0 N–H and O–H groups in total. The molecule has 0 radical (unpaired) electrons. The van der Waals surface area contributed by atoms with Crippen LogP contribution >= 0.6 is 0 Å². The van der Waals surface area contributed by atoms with Gasteiger partial charge >= 0.3 is 6.09 Å². The van der Waals surface area contributed by atoms with Crippen molar-refractivity contribution in [2.75, 3.05) is 6.61 Å². The molecular weight excluding hydrogens is 488 g/mol. The Hall–Kier alpha value is -2.70. The summed E-state index contributed by atoms with van der Waals surface area (Å²) in [6.45, 7) is 15.2. The van der Waals surface area contributed by atoms with E-state index in [0.717, 1.165) is 30.4 Å². The highest BCUT2D eigenvalue weighted by Crippen LogP contribution is 2.40. The fourth-order valence-corrected chi connectivity index (χ4v) is 5.66. The molecule has 6 heteroatoms. The summed E-state index contributed by atoms with van der Waals surface area (Å²) in [5.41, 5.74) is 0.283. The Labute approximate surface area is 234 Å². The van der Waals surface area contributed by atoms with Crippen molar-refractivity contribution in [2.45, 2.75) is 104 Å². The van der Waals surface area contributed by atoms with E-state index >= 15 is 0 Å². The van der Waals surface area contributed by atoms with Gasteiger partial charge in [0.1, 0.15) is 5.72 Å². The molecule has 6 nitrogen and oxygen atoms in total. The maximum atomic E-state index is 14.1. The second kappa shape index (κ2) is 11.4. The van der Waals surface area contributed by atoms with Gasteiger partial charge in [0.15, 0.2) is 11.9 Å². The van der Waals surface area contributed by atoms with Crippen LogP contribution in [0.5, 0.6) is 0 Å². The zero-order valence-electron chi connectivity index (χ0n) is 24.8. The molecule has 0 aromatic heterocycles. The predicted molar refractivity (Wildman–Crippen MR) is 154 cm³/mol. The van der Waals surface area contributed by atoms with Crippen molar-refractivity contribution in [1.29, 1.82) is 0 Å². The van der Waals surface area contributed by atoms with Crippen LogP contribution in [-0.4, -0.2) is 51.7 Å². The molecule has 1 aliphatic heterocycles. The smallest absolute Gasteiger partial charge is 0.413 e. The van der Waals surface area contributed by atoms with Crippen molar-refractivity contribution < 1.29 is 19.1 Å². The van der Waals surface area contributed by atoms with Gasteiger partial charge in [-0.15, -0.1) is 0 Å². The molecule has 2 aromatic rings. The minimum Gasteiger partial charge on any atom is -0.436 e. The highest BCUT2D eigenvalue weighted by atomic mass is 16.6. The standard InChI is InChI=1S/C33H46N2O4/c1-31(2,3)29(36)28(39-30(37)35-32(4,5)23-38-33(35,6)7)27(20-24-18-19-24)34(21-25-14-10-8-11-15-25)22-26-16-12-9-13-17-26/h8-17,24,27-28H,18-23H2,1-7H3/t27-,28-/m1/s1. The lowest BCUT2D eigenvalue weighted by Crippen LogP contribution is -2.57. The molecular formula is C33H46N2O4. The summed E-state index contributed by atoms with van der Waals surface area (Å²) in [4.78, 5) is 32.1. The van der Waals surface area contributed by atoms with Crippen molar-refractivity contribution >= 4 is 11.9 Å². The number of ether oxygens (including phenoxy) is 2. The van der Waals surface area contributed by atoms with Gasteiger partial charge in [0, 0.05) is 18.5 Å². The summed E-state index contributed by atoms with van der Waals surface area (Å²) in [5.74, 6) is 0.476. The van der Waals surface area contributed by atoms with Crippen molar-refractivity contribution in [3.05, 3.63) is 71.8 Å². The first kappa shape index (κ1) is 29.3. The van der Waals surface area contributed by atoms with Crippen LogP contribution in [-0.2, 0) is 27.4 Å². The Balaban J connectivity index is 1.73. The van der Waals surface area contributed by atoms with Crippen LogP contribution in [0.2, 0.25) is 0 Å². The third-order valence-electron chi connectivity index (χ3n) is 7.88. The monoisotopic (exact) mass is 534 g/mol. The van der Waals surface area contributed by atoms with Crippen LogP contribution in [0.3, 0.4) is 0 Å². The van der Waals surface area contributed by atoms with Crippen molar-refractivity contribution in [3.8, 4) is 0 Å². The number of benzene rings is 2. The lowest BCUT2D eigenvalue weighted by molar-refractivity contribution is -0.142. The molecule has 2 aliphatic rings. The van der Waals surface area contributed by atoms with E-state index in [0.29, 0.717) is 25.6 Å². The SMILES string of the molecule is CC(C)(C)C(=O)[C@H](OC(=O)N1C(C)(C)COC1(C)C)[C@@H](CC1CC1)N(Cc1ccccc1)Cc1ccccc1. The van der Waals surface area contributed by atoms with E-state index in [9.17, 15) is 9.59 Å². The fourth-order valence-electron chi connectivity index (χ4n) is 5.66. The molecule has 0 unspecified atom stereocenters. The number of carbonyl (C=O) groups is 2. The lowest BCUT2D eigenvalue weighted by atomic mass is 9.83. The lowest BCUT2D eigenvalue weighted by Gasteiger charge is -2.41. The second-order valence-electron chi connectivity index (χ2n) is 13.4. The van der Waals surface area contributed by atoms with Crippen LogP contribution in [0, 0.1) is 11.3 Å². The van der Waals surface area contributed by atoms with Crippen LogP contribution in [0.1, 0.15) is 78.9 Å². The number of Topliss-reactive ketones (excluding diaryl/α,β-unsaturated/α-hetero) is 1. The van der Waals surface area contributed by atoms with Crippen LogP contribution in [0.25, 0.3) is 0 Å². The van der Waals surface area contributed by atoms with E-state index in [1.807, 2.05) is 84.9 Å². The highest BCUT2D eigenvalue weighted by Gasteiger charge is 2.52. The zero-order chi connectivity index (χ0) is 28.4. The Morgan fingerprint density at radius 3 is 1.87 bits per heavy atom. The summed E-state index contributed by atoms with van der Waals surface area (Å²) < 4.78 is 12.3. The Bertz CT molecular complexity index is 1060. The highest BCUT2D eigenvalue weighted by molar-refractivity contribution is 5.90. The Morgan fingerprint density at radius 2 is 1.46 bits per heavy atom. The van der Waals surface area contributed by atoms with E-state index < -0.39 is 28.9 Å². The van der Waals surface area contributed by atoms with Gasteiger partial charge in [-0.25, -0.2) is 4.79 Å². The van der Waals surface area contributed by atoms with Gasteiger partial charge in [-0.1, -0.05) is 94.3 Å².